The Morgan fingerprint density at radius 3 is 2.50 bits per heavy atom. The maximum absolute atomic E-state index is 13.6. The zero-order valence-electron chi connectivity index (χ0n) is 14.7. The second-order valence-electron chi connectivity index (χ2n) is 6.51. The number of likely N-dealkylation sites (tertiary alicyclic amines) is 1. The van der Waals surface area contributed by atoms with E-state index in [-0.39, 0.29) is 11.5 Å². The maximum atomic E-state index is 13.6. The molecule has 0 radical (unpaired) electrons. The normalized spacial score (nSPS) is 16.5. The predicted octanol–water partition coefficient (Wildman–Crippen LogP) is 2.88. The number of likely N-dealkylation sites (N-methyl/N-ethyl adjacent to an activating group) is 1. The SMILES string of the molecule is CC[N+]1(CC(=O)Nc2c(C)cc(F)cc2C(=O)OC)CCCCC1. The molecule has 0 atom stereocenters. The van der Waals surface area contributed by atoms with Gasteiger partial charge in [0.25, 0.3) is 5.91 Å². The van der Waals surface area contributed by atoms with E-state index in [1.54, 1.807) is 6.92 Å². The number of ether oxygens (including phenoxy) is 1. The van der Waals surface area contributed by atoms with Gasteiger partial charge in [-0.15, -0.1) is 0 Å². The molecule has 0 aliphatic carbocycles. The van der Waals surface area contributed by atoms with E-state index >= 15 is 0 Å². The summed E-state index contributed by atoms with van der Waals surface area (Å²) in [7, 11) is 1.24. The smallest absolute Gasteiger partial charge is 0.340 e. The number of methoxy groups -OCH3 is 1. The monoisotopic (exact) mass is 337 g/mol. The number of piperidine rings is 1. The minimum Gasteiger partial charge on any atom is -0.465 e. The number of hydrogen-bond acceptors (Lipinski definition) is 3. The van der Waals surface area contributed by atoms with Gasteiger partial charge in [-0.05, 0) is 50.8 Å². The summed E-state index contributed by atoms with van der Waals surface area (Å²) in [5.41, 5.74) is 0.884. The average Bonchev–Trinajstić information content (AvgIpc) is 2.57. The Morgan fingerprint density at radius 1 is 1.25 bits per heavy atom. The minimum atomic E-state index is -0.662. The number of nitrogens with zero attached hydrogens (tertiary/aromatic N) is 1. The Bertz CT molecular complexity index is 625. The standard InChI is InChI=1S/C18H25FN2O3/c1-4-21(8-6-5-7-9-21)12-16(22)20-17-13(2)10-14(19)11-15(17)18(23)24-3/h10-11H,4-9,12H2,1-3H3/p+1. The van der Waals surface area contributed by atoms with Crippen LogP contribution in [0.25, 0.3) is 0 Å². The van der Waals surface area contributed by atoms with Crippen molar-refractivity contribution in [3.05, 3.63) is 29.1 Å². The van der Waals surface area contributed by atoms with E-state index in [9.17, 15) is 14.0 Å². The number of carbonyl (C=O) groups is 2. The van der Waals surface area contributed by atoms with Crippen LogP contribution in [0.5, 0.6) is 0 Å². The highest BCUT2D eigenvalue weighted by atomic mass is 19.1. The lowest BCUT2D eigenvalue weighted by Crippen LogP contribution is -2.55. The molecule has 0 aromatic heterocycles. The number of halogens is 1. The second kappa shape index (κ2) is 7.75. The number of quaternary nitrogens is 1. The van der Waals surface area contributed by atoms with Gasteiger partial charge in [0.15, 0.2) is 6.54 Å². The third-order valence-electron chi connectivity index (χ3n) is 4.88. The molecule has 1 aliphatic rings. The maximum Gasteiger partial charge on any atom is 0.340 e. The number of rotatable bonds is 5. The Balaban J connectivity index is 2.20. The highest BCUT2D eigenvalue weighted by Crippen LogP contribution is 2.24. The third kappa shape index (κ3) is 4.12. The number of amides is 1. The fourth-order valence-corrected chi connectivity index (χ4v) is 3.43. The van der Waals surface area contributed by atoms with Crippen molar-refractivity contribution < 1.29 is 23.2 Å². The second-order valence-corrected chi connectivity index (χ2v) is 6.51. The number of hydrogen-bond donors (Lipinski definition) is 1. The van der Waals surface area contributed by atoms with Gasteiger partial charge in [0.2, 0.25) is 0 Å². The van der Waals surface area contributed by atoms with Gasteiger partial charge >= 0.3 is 5.97 Å². The van der Waals surface area contributed by atoms with Gasteiger partial charge in [-0.3, -0.25) is 4.79 Å². The van der Waals surface area contributed by atoms with Crippen molar-refractivity contribution in [2.75, 3.05) is 38.6 Å². The molecule has 0 saturated carbocycles. The molecule has 1 aliphatic heterocycles. The molecule has 2 rings (SSSR count). The summed E-state index contributed by atoms with van der Waals surface area (Å²) < 4.78 is 19.1. The molecule has 24 heavy (non-hydrogen) atoms. The lowest BCUT2D eigenvalue weighted by Gasteiger charge is -2.40. The predicted molar refractivity (Wildman–Crippen MR) is 90.4 cm³/mol. The summed E-state index contributed by atoms with van der Waals surface area (Å²) in [5, 5.41) is 2.81. The number of aryl methyl sites for hydroxylation is 1. The number of anilines is 1. The zero-order chi connectivity index (χ0) is 17.7. The average molecular weight is 337 g/mol. The molecule has 0 unspecified atom stereocenters. The molecule has 1 heterocycles. The van der Waals surface area contributed by atoms with Crippen LogP contribution in [0, 0.1) is 12.7 Å². The third-order valence-corrected chi connectivity index (χ3v) is 4.88. The number of esters is 1. The van der Waals surface area contributed by atoms with Crippen LogP contribution < -0.4 is 5.32 Å². The summed E-state index contributed by atoms with van der Waals surface area (Å²) >= 11 is 0. The number of nitrogens with one attached hydrogen (secondary N) is 1. The molecular formula is C18H26FN2O3+. The van der Waals surface area contributed by atoms with Crippen molar-refractivity contribution in [1.82, 2.24) is 0 Å². The molecule has 1 N–H and O–H groups in total. The molecule has 1 aromatic carbocycles. The van der Waals surface area contributed by atoms with Gasteiger partial charge in [-0.2, -0.15) is 0 Å². The highest BCUT2D eigenvalue weighted by Gasteiger charge is 2.31. The zero-order valence-corrected chi connectivity index (χ0v) is 14.7. The summed E-state index contributed by atoms with van der Waals surface area (Å²) in [6.45, 7) is 7.03. The fourth-order valence-electron chi connectivity index (χ4n) is 3.43. The van der Waals surface area contributed by atoms with Gasteiger partial charge in [0.1, 0.15) is 5.82 Å². The van der Waals surface area contributed by atoms with Crippen LogP contribution in [-0.4, -0.2) is 49.6 Å². The van der Waals surface area contributed by atoms with Gasteiger partial charge in [-0.25, -0.2) is 9.18 Å². The Hall–Kier alpha value is -1.95. The number of carbonyl (C=O) groups excluding carboxylic acids is 2. The van der Waals surface area contributed by atoms with Gasteiger partial charge in [0, 0.05) is 0 Å². The summed E-state index contributed by atoms with van der Waals surface area (Å²) in [4.78, 5) is 24.5. The molecule has 1 saturated heterocycles. The first kappa shape index (κ1) is 18.4. The van der Waals surface area contributed by atoms with E-state index in [1.165, 1.54) is 19.6 Å². The van der Waals surface area contributed by atoms with Crippen LogP contribution in [0.4, 0.5) is 10.1 Å². The van der Waals surface area contributed by atoms with E-state index in [0.29, 0.717) is 17.8 Å². The molecule has 6 heteroatoms. The summed E-state index contributed by atoms with van der Waals surface area (Å²) in [6, 6.07) is 2.40. The van der Waals surface area contributed by atoms with Gasteiger partial charge in [0.05, 0.1) is 38.0 Å². The summed E-state index contributed by atoms with van der Waals surface area (Å²) in [5.74, 6) is -1.34. The van der Waals surface area contributed by atoms with Crippen LogP contribution in [0.2, 0.25) is 0 Å². The largest absolute Gasteiger partial charge is 0.465 e. The molecular weight excluding hydrogens is 311 g/mol. The van der Waals surface area contributed by atoms with Crippen molar-refractivity contribution in [3.8, 4) is 0 Å². The van der Waals surface area contributed by atoms with E-state index in [4.69, 9.17) is 4.74 Å². The van der Waals surface area contributed by atoms with Gasteiger partial charge < -0.3 is 14.5 Å². The lowest BCUT2D eigenvalue weighted by molar-refractivity contribution is -0.923. The molecule has 132 valence electrons. The Morgan fingerprint density at radius 2 is 1.92 bits per heavy atom. The lowest BCUT2D eigenvalue weighted by atomic mass is 10.1. The molecule has 0 spiro atoms. The topological polar surface area (TPSA) is 55.4 Å². The fraction of sp³-hybridized carbons (Fsp3) is 0.556. The first-order chi connectivity index (χ1) is 11.4. The minimum absolute atomic E-state index is 0.0463. The van der Waals surface area contributed by atoms with Crippen molar-refractivity contribution in [2.45, 2.75) is 33.1 Å². The highest BCUT2D eigenvalue weighted by molar-refractivity contribution is 6.02. The molecule has 5 nitrogen and oxygen atoms in total. The summed E-state index contributed by atoms with van der Waals surface area (Å²) in [6.07, 6.45) is 3.47. The van der Waals surface area contributed by atoms with Crippen LogP contribution in [0.1, 0.15) is 42.1 Å². The van der Waals surface area contributed by atoms with Crippen molar-refractivity contribution in [3.63, 3.8) is 0 Å². The molecule has 1 aromatic rings. The van der Waals surface area contributed by atoms with E-state index in [1.807, 2.05) is 0 Å². The number of benzene rings is 1. The van der Waals surface area contributed by atoms with Crippen molar-refractivity contribution in [2.24, 2.45) is 0 Å². The van der Waals surface area contributed by atoms with Gasteiger partial charge in [-0.1, -0.05) is 0 Å². The van der Waals surface area contributed by atoms with E-state index in [2.05, 4.69) is 12.2 Å². The van der Waals surface area contributed by atoms with E-state index < -0.39 is 11.8 Å². The molecule has 1 fully saturated rings. The quantitative estimate of drug-likeness (QED) is 0.664. The Labute approximate surface area is 142 Å². The van der Waals surface area contributed by atoms with Crippen LogP contribution in [-0.2, 0) is 9.53 Å². The van der Waals surface area contributed by atoms with Crippen molar-refractivity contribution >= 4 is 17.6 Å². The van der Waals surface area contributed by atoms with Crippen LogP contribution in [0.15, 0.2) is 12.1 Å². The molecule has 1 amide bonds. The Kier molecular flexibility index (Phi) is 5.94. The van der Waals surface area contributed by atoms with Crippen LogP contribution >= 0.6 is 0 Å². The first-order valence-corrected chi connectivity index (χ1v) is 8.44. The van der Waals surface area contributed by atoms with Crippen LogP contribution in [0.3, 0.4) is 0 Å². The molecule has 0 bridgehead atoms. The van der Waals surface area contributed by atoms with E-state index in [0.717, 1.165) is 43.0 Å². The first-order valence-electron chi connectivity index (χ1n) is 8.44. The van der Waals surface area contributed by atoms with Crippen molar-refractivity contribution in [1.29, 1.82) is 0 Å².